The van der Waals surface area contributed by atoms with Crippen LogP contribution in [0.3, 0.4) is 0 Å². The predicted octanol–water partition coefficient (Wildman–Crippen LogP) is 3.45. The van der Waals surface area contributed by atoms with Crippen LogP contribution in [0.2, 0.25) is 0 Å². The summed E-state index contributed by atoms with van der Waals surface area (Å²) in [5.41, 5.74) is 0.865. The highest BCUT2D eigenvalue weighted by Gasteiger charge is 2.29. The Morgan fingerprint density at radius 2 is 2.28 bits per heavy atom. The van der Waals surface area contributed by atoms with Crippen LogP contribution in [-0.2, 0) is 4.74 Å². The molecule has 100 valence electrons. The van der Waals surface area contributed by atoms with Crippen molar-refractivity contribution in [3.8, 4) is 5.75 Å². The molecule has 1 aliphatic heterocycles. The number of hydrogen-bond acceptors (Lipinski definition) is 3. The van der Waals surface area contributed by atoms with E-state index in [1.165, 1.54) is 0 Å². The minimum absolute atomic E-state index is 0.0927. The van der Waals surface area contributed by atoms with Crippen molar-refractivity contribution in [2.45, 2.75) is 45.0 Å². The molecule has 1 fully saturated rings. The van der Waals surface area contributed by atoms with Crippen molar-refractivity contribution in [3.05, 3.63) is 28.2 Å². The minimum Gasteiger partial charge on any atom is -0.493 e. The van der Waals surface area contributed by atoms with Gasteiger partial charge in [-0.3, -0.25) is 0 Å². The Balaban J connectivity index is 2.11. The third-order valence-electron chi connectivity index (χ3n) is 3.21. The van der Waals surface area contributed by atoms with Crippen molar-refractivity contribution in [2.24, 2.45) is 0 Å². The number of aliphatic hydroxyl groups is 1. The lowest BCUT2D eigenvalue weighted by Crippen LogP contribution is -2.18. The third-order valence-corrected chi connectivity index (χ3v) is 3.83. The van der Waals surface area contributed by atoms with Crippen molar-refractivity contribution in [1.82, 2.24) is 0 Å². The lowest BCUT2D eigenvalue weighted by molar-refractivity contribution is -0.0297. The normalized spacial score (nSPS) is 25.1. The average Bonchev–Trinajstić information content (AvgIpc) is 2.78. The quantitative estimate of drug-likeness (QED) is 0.925. The lowest BCUT2D eigenvalue weighted by atomic mass is 10.0. The van der Waals surface area contributed by atoms with Crippen LogP contribution in [0, 0.1) is 0 Å². The molecular weight excluding hydrogens is 296 g/mol. The fourth-order valence-corrected chi connectivity index (χ4v) is 2.76. The van der Waals surface area contributed by atoms with E-state index in [2.05, 4.69) is 15.9 Å². The Bertz CT molecular complexity index is 408. The molecule has 1 aliphatic rings. The standard InChI is InChI=1S/C14H19BrO3/c1-3-17-12-7-5-10(8-11(12)15)14(16)13-6-4-9(2)18-13/h5,7-9,13-14,16H,3-4,6H2,1-2H3. The van der Waals surface area contributed by atoms with E-state index in [4.69, 9.17) is 9.47 Å². The first-order chi connectivity index (χ1) is 8.61. The van der Waals surface area contributed by atoms with E-state index in [0.717, 1.165) is 28.6 Å². The SMILES string of the molecule is CCOc1ccc(C(O)C2CCC(C)O2)cc1Br. The number of aliphatic hydroxyl groups excluding tert-OH is 1. The number of halogens is 1. The third kappa shape index (κ3) is 3.05. The van der Waals surface area contributed by atoms with Crippen LogP contribution in [-0.4, -0.2) is 23.9 Å². The van der Waals surface area contributed by atoms with E-state index in [1.54, 1.807) is 0 Å². The summed E-state index contributed by atoms with van der Waals surface area (Å²) in [4.78, 5) is 0. The predicted molar refractivity (Wildman–Crippen MR) is 73.8 cm³/mol. The zero-order valence-corrected chi connectivity index (χ0v) is 12.3. The topological polar surface area (TPSA) is 38.7 Å². The summed E-state index contributed by atoms with van der Waals surface area (Å²) < 4.78 is 12.0. The first kappa shape index (κ1) is 13.8. The smallest absolute Gasteiger partial charge is 0.133 e. The minimum atomic E-state index is -0.568. The van der Waals surface area contributed by atoms with Gasteiger partial charge in [-0.05, 0) is 60.3 Å². The van der Waals surface area contributed by atoms with Crippen molar-refractivity contribution < 1.29 is 14.6 Å². The summed E-state index contributed by atoms with van der Waals surface area (Å²) in [6.45, 7) is 4.62. The van der Waals surface area contributed by atoms with Crippen molar-refractivity contribution in [3.63, 3.8) is 0 Å². The van der Waals surface area contributed by atoms with Gasteiger partial charge in [0.05, 0.1) is 23.3 Å². The molecule has 1 aromatic rings. The first-order valence-corrected chi connectivity index (χ1v) is 7.17. The second kappa shape index (κ2) is 6.04. The maximum absolute atomic E-state index is 10.3. The van der Waals surface area contributed by atoms with Gasteiger partial charge in [-0.1, -0.05) is 6.07 Å². The fraction of sp³-hybridized carbons (Fsp3) is 0.571. The molecule has 3 atom stereocenters. The number of hydrogen-bond donors (Lipinski definition) is 1. The van der Waals surface area contributed by atoms with Crippen LogP contribution >= 0.6 is 15.9 Å². The van der Waals surface area contributed by atoms with E-state index in [0.29, 0.717) is 6.61 Å². The van der Waals surface area contributed by atoms with Crippen LogP contribution in [0.1, 0.15) is 38.4 Å². The molecule has 0 aliphatic carbocycles. The molecule has 0 radical (unpaired) electrons. The molecule has 1 N–H and O–H groups in total. The van der Waals surface area contributed by atoms with Gasteiger partial charge in [-0.25, -0.2) is 0 Å². The van der Waals surface area contributed by atoms with E-state index in [-0.39, 0.29) is 12.2 Å². The van der Waals surface area contributed by atoms with Crippen molar-refractivity contribution >= 4 is 15.9 Å². The van der Waals surface area contributed by atoms with Crippen molar-refractivity contribution in [2.75, 3.05) is 6.61 Å². The molecule has 0 amide bonds. The lowest BCUT2D eigenvalue weighted by Gasteiger charge is -2.19. The molecular formula is C14H19BrO3. The van der Waals surface area contributed by atoms with Gasteiger partial charge in [-0.2, -0.15) is 0 Å². The molecule has 3 nitrogen and oxygen atoms in total. The number of ether oxygens (including phenoxy) is 2. The molecule has 0 saturated carbocycles. The fourth-order valence-electron chi connectivity index (χ4n) is 2.25. The number of benzene rings is 1. The largest absolute Gasteiger partial charge is 0.493 e. The number of rotatable bonds is 4. The molecule has 3 unspecified atom stereocenters. The van der Waals surface area contributed by atoms with E-state index in [9.17, 15) is 5.11 Å². The molecule has 18 heavy (non-hydrogen) atoms. The summed E-state index contributed by atoms with van der Waals surface area (Å²) in [5.74, 6) is 0.800. The Morgan fingerprint density at radius 1 is 1.50 bits per heavy atom. The highest BCUT2D eigenvalue weighted by molar-refractivity contribution is 9.10. The summed E-state index contributed by atoms with van der Waals surface area (Å²) in [5, 5.41) is 10.3. The maximum Gasteiger partial charge on any atom is 0.133 e. The van der Waals surface area contributed by atoms with Crippen LogP contribution in [0.15, 0.2) is 22.7 Å². The summed E-state index contributed by atoms with van der Waals surface area (Å²) >= 11 is 3.46. The van der Waals surface area contributed by atoms with Gasteiger partial charge < -0.3 is 14.6 Å². The second-order valence-electron chi connectivity index (χ2n) is 4.63. The summed E-state index contributed by atoms with van der Waals surface area (Å²) in [6, 6.07) is 5.68. The molecule has 4 heteroatoms. The Kier molecular flexibility index (Phi) is 4.65. The van der Waals surface area contributed by atoms with Gasteiger partial charge in [0.2, 0.25) is 0 Å². The van der Waals surface area contributed by atoms with Gasteiger partial charge in [0.15, 0.2) is 0 Å². The Labute approximate surface area is 116 Å². The van der Waals surface area contributed by atoms with Crippen molar-refractivity contribution in [1.29, 1.82) is 0 Å². The zero-order chi connectivity index (χ0) is 13.1. The summed E-state index contributed by atoms with van der Waals surface area (Å²) in [7, 11) is 0. The van der Waals surface area contributed by atoms with E-state index >= 15 is 0 Å². The molecule has 0 bridgehead atoms. The average molecular weight is 315 g/mol. The van der Waals surface area contributed by atoms with Gasteiger partial charge >= 0.3 is 0 Å². The molecule has 1 aromatic carbocycles. The molecule has 0 aromatic heterocycles. The Hall–Kier alpha value is -0.580. The van der Waals surface area contributed by atoms with Crippen LogP contribution in [0.4, 0.5) is 0 Å². The maximum atomic E-state index is 10.3. The molecule has 1 heterocycles. The van der Waals surface area contributed by atoms with Gasteiger partial charge in [0, 0.05) is 0 Å². The van der Waals surface area contributed by atoms with Gasteiger partial charge in [0.25, 0.3) is 0 Å². The molecule has 2 rings (SSSR count). The first-order valence-electron chi connectivity index (χ1n) is 6.37. The van der Waals surface area contributed by atoms with Crippen LogP contribution in [0.25, 0.3) is 0 Å². The molecule has 1 saturated heterocycles. The zero-order valence-electron chi connectivity index (χ0n) is 10.7. The Morgan fingerprint density at radius 3 is 2.83 bits per heavy atom. The van der Waals surface area contributed by atoms with E-state index < -0.39 is 6.10 Å². The summed E-state index contributed by atoms with van der Waals surface area (Å²) in [6.07, 6.45) is 1.51. The van der Waals surface area contributed by atoms with Gasteiger partial charge in [0.1, 0.15) is 11.9 Å². The van der Waals surface area contributed by atoms with Crippen LogP contribution < -0.4 is 4.74 Å². The second-order valence-corrected chi connectivity index (χ2v) is 5.48. The van der Waals surface area contributed by atoms with Gasteiger partial charge in [-0.15, -0.1) is 0 Å². The monoisotopic (exact) mass is 314 g/mol. The van der Waals surface area contributed by atoms with Crippen LogP contribution in [0.5, 0.6) is 5.75 Å². The molecule has 0 spiro atoms. The highest BCUT2D eigenvalue weighted by Crippen LogP contribution is 2.33. The highest BCUT2D eigenvalue weighted by atomic mass is 79.9. The van der Waals surface area contributed by atoms with E-state index in [1.807, 2.05) is 32.0 Å².